The van der Waals surface area contributed by atoms with Crippen LogP contribution in [0.2, 0.25) is 0 Å². The molecule has 0 amide bonds. The van der Waals surface area contributed by atoms with Crippen molar-refractivity contribution >= 4 is 0 Å². The number of rotatable bonds is 2. The van der Waals surface area contributed by atoms with Gasteiger partial charge in [-0.15, -0.1) is 0 Å². The summed E-state index contributed by atoms with van der Waals surface area (Å²) in [4.78, 5) is 0. The SMILES string of the molecule is NC(c1ccc2c(c1)CCC2)C1CCOC2(CCC2)C1. The Labute approximate surface area is 121 Å². The number of ether oxygens (including phenoxy) is 1. The molecule has 0 radical (unpaired) electrons. The van der Waals surface area contributed by atoms with Crippen molar-refractivity contribution in [3.63, 3.8) is 0 Å². The van der Waals surface area contributed by atoms with Gasteiger partial charge in [-0.25, -0.2) is 0 Å². The van der Waals surface area contributed by atoms with Gasteiger partial charge in [0.25, 0.3) is 0 Å². The predicted molar refractivity (Wildman–Crippen MR) is 80.7 cm³/mol. The lowest BCUT2D eigenvalue weighted by Gasteiger charge is -2.48. The van der Waals surface area contributed by atoms with Crippen molar-refractivity contribution < 1.29 is 4.74 Å². The third kappa shape index (κ3) is 2.10. The molecular weight excluding hydrogens is 246 g/mol. The fraction of sp³-hybridized carbons (Fsp3) is 0.667. The van der Waals surface area contributed by atoms with E-state index in [0.717, 1.165) is 13.0 Å². The molecule has 2 aliphatic carbocycles. The molecule has 2 heteroatoms. The summed E-state index contributed by atoms with van der Waals surface area (Å²) in [5.41, 5.74) is 11.3. The highest BCUT2D eigenvalue weighted by atomic mass is 16.5. The third-order valence-electron chi connectivity index (χ3n) is 5.81. The van der Waals surface area contributed by atoms with Gasteiger partial charge in [-0.3, -0.25) is 0 Å². The van der Waals surface area contributed by atoms with Crippen LogP contribution < -0.4 is 5.73 Å². The monoisotopic (exact) mass is 271 g/mol. The van der Waals surface area contributed by atoms with Crippen LogP contribution in [0.1, 0.15) is 61.3 Å². The van der Waals surface area contributed by atoms with Crippen LogP contribution in [-0.2, 0) is 17.6 Å². The fourth-order valence-electron chi connectivity index (χ4n) is 4.36. The van der Waals surface area contributed by atoms with E-state index >= 15 is 0 Å². The first kappa shape index (κ1) is 12.8. The molecule has 2 nitrogen and oxygen atoms in total. The van der Waals surface area contributed by atoms with E-state index in [1.54, 1.807) is 11.1 Å². The number of fused-ring (bicyclic) bond motifs is 1. The van der Waals surface area contributed by atoms with E-state index in [0.29, 0.717) is 5.92 Å². The molecule has 108 valence electrons. The minimum absolute atomic E-state index is 0.197. The first-order valence-corrected chi connectivity index (χ1v) is 8.27. The zero-order valence-electron chi connectivity index (χ0n) is 12.2. The third-order valence-corrected chi connectivity index (χ3v) is 5.81. The maximum Gasteiger partial charge on any atom is 0.0686 e. The average molecular weight is 271 g/mol. The van der Waals surface area contributed by atoms with E-state index < -0.39 is 0 Å². The summed E-state index contributed by atoms with van der Waals surface area (Å²) in [6.07, 6.45) is 9.94. The molecule has 1 aromatic rings. The van der Waals surface area contributed by atoms with Gasteiger partial charge in [-0.2, -0.15) is 0 Å². The second kappa shape index (κ2) is 4.85. The normalized spacial score (nSPS) is 28.9. The number of hydrogen-bond donors (Lipinski definition) is 1. The van der Waals surface area contributed by atoms with E-state index in [1.165, 1.54) is 50.5 Å². The summed E-state index contributed by atoms with van der Waals surface area (Å²) in [5, 5.41) is 0. The molecule has 1 aromatic carbocycles. The first-order chi connectivity index (χ1) is 9.76. The van der Waals surface area contributed by atoms with Gasteiger partial charge >= 0.3 is 0 Å². The summed E-state index contributed by atoms with van der Waals surface area (Å²) in [7, 11) is 0. The molecule has 3 aliphatic rings. The molecule has 2 atom stereocenters. The van der Waals surface area contributed by atoms with Crippen molar-refractivity contribution in [2.45, 2.75) is 63.0 Å². The van der Waals surface area contributed by atoms with Crippen LogP contribution in [0.5, 0.6) is 0 Å². The molecule has 1 saturated carbocycles. The van der Waals surface area contributed by atoms with Gasteiger partial charge < -0.3 is 10.5 Å². The molecular formula is C18H25NO. The van der Waals surface area contributed by atoms with Gasteiger partial charge in [0, 0.05) is 12.6 Å². The first-order valence-electron chi connectivity index (χ1n) is 8.27. The molecule has 20 heavy (non-hydrogen) atoms. The van der Waals surface area contributed by atoms with Gasteiger partial charge in [0.05, 0.1) is 5.60 Å². The Balaban J connectivity index is 1.53. The number of aryl methyl sites for hydroxylation is 2. The Kier molecular flexibility index (Phi) is 3.12. The lowest BCUT2D eigenvalue weighted by molar-refractivity contribution is -0.146. The summed E-state index contributed by atoms with van der Waals surface area (Å²) >= 11 is 0. The van der Waals surface area contributed by atoms with E-state index in [1.807, 2.05) is 0 Å². The second-order valence-electron chi connectivity index (χ2n) is 7.05. The Morgan fingerprint density at radius 1 is 1.15 bits per heavy atom. The maximum absolute atomic E-state index is 6.61. The number of benzene rings is 1. The van der Waals surface area contributed by atoms with Gasteiger partial charge in [0.15, 0.2) is 0 Å². The highest BCUT2D eigenvalue weighted by molar-refractivity contribution is 5.36. The molecule has 1 aliphatic heterocycles. The zero-order chi connectivity index (χ0) is 13.6. The number of nitrogens with two attached hydrogens (primary N) is 1. The van der Waals surface area contributed by atoms with Crippen LogP contribution in [0.3, 0.4) is 0 Å². The molecule has 1 saturated heterocycles. The summed E-state index contributed by atoms with van der Waals surface area (Å²) in [6, 6.07) is 7.17. The minimum atomic E-state index is 0.197. The second-order valence-corrected chi connectivity index (χ2v) is 7.05. The highest BCUT2D eigenvalue weighted by Crippen LogP contribution is 2.46. The van der Waals surface area contributed by atoms with E-state index in [4.69, 9.17) is 10.5 Å². The maximum atomic E-state index is 6.61. The minimum Gasteiger partial charge on any atom is -0.375 e. The molecule has 0 aromatic heterocycles. The van der Waals surface area contributed by atoms with Gasteiger partial charge in [0.1, 0.15) is 0 Å². The standard InChI is InChI=1S/C18H25NO/c19-17(15-6-5-13-3-1-4-14(13)11-15)16-7-10-20-18(12-16)8-2-9-18/h5-6,11,16-17H,1-4,7-10,12,19H2. The van der Waals surface area contributed by atoms with Gasteiger partial charge in [0.2, 0.25) is 0 Å². The van der Waals surface area contributed by atoms with Crippen molar-refractivity contribution in [2.75, 3.05) is 6.61 Å². The van der Waals surface area contributed by atoms with Crippen molar-refractivity contribution in [1.82, 2.24) is 0 Å². The largest absolute Gasteiger partial charge is 0.375 e. The molecule has 0 bridgehead atoms. The molecule has 1 spiro atoms. The van der Waals surface area contributed by atoms with Crippen molar-refractivity contribution in [1.29, 1.82) is 0 Å². The Bertz CT molecular complexity index is 506. The zero-order valence-corrected chi connectivity index (χ0v) is 12.2. The van der Waals surface area contributed by atoms with Crippen LogP contribution in [-0.4, -0.2) is 12.2 Å². The van der Waals surface area contributed by atoms with Crippen LogP contribution >= 0.6 is 0 Å². The Hall–Kier alpha value is -0.860. The fourth-order valence-corrected chi connectivity index (χ4v) is 4.36. The van der Waals surface area contributed by atoms with E-state index in [9.17, 15) is 0 Å². The smallest absolute Gasteiger partial charge is 0.0686 e. The number of hydrogen-bond acceptors (Lipinski definition) is 2. The Morgan fingerprint density at radius 3 is 2.80 bits per heavy atom. The topological polar surface area (TPSA) is 35.2 Å². The average Bonchev–Trinajstić information content (AvgIpc) is 2.92. The summed E-state index contributed by atoms with van der Waals surface area (Å²) in [6.45, 7) is 0.906. The van der Waals surface area contributed by atoms with Crippen molar-refractivity contribution in [3.8, 4) is 0 Å². The van der Waals surface area contributed by atoms with Crippen LogP contribution in [0.25, 0.3) is 0 Å². The summed E-state index contributed by atoms with van der Waals surface area (Å²) < 4.78 is 6.04. The van der Waals surface area contributed by atoms with Crippen LogP contribution in [0.4, 0.5) is 0 Å². The molecule has 1 heterocycles. The quantitative estimate of drug-likeness (QED) is 0.893. The van der Waals surface area contributed by atoms with Crippen LogP contribution in [0.15, 0.2) is 18.2 Å². The summed E-state index contributed by atoms with van der Waals surface area (Å²) in [5.74, 6) is 0.600. The van der Waals surface area contributed by atoms with E-state index in [-0.39, 0.29) is 11.6 Å². The van der Waals surface area contributed by atoms with Gasteiger partial charge in [-0.1, -0.05) is 18.2 Å². The molecule has 2 fully saturated rings. The van der Waals surface area contributed by atoms with Crippen molar-refractivity contribution in [2.24, 2.45) is 11.7 Å². The lowest BCUT2D eigenvalue weighted by Crippen LogP contribution is -2.47. The van der Waals surface area contributed by atoms with Crippen molar-refractivity contribution in [3.05, 3.63) is 34.9 Å². The lowest BCUT2D eigenvalue weighted by atomic mass is 9.70. The molecule has 2 unspecified atom stereocenters. The van der Waals surface area contributed by atoms with Gasteiger partial charge in [-0.05, 0) is 74.0 Å². The van der Waals surface area contributed by atoms with Crippen LogP contribution in [0, 0.1) is 5.92 Å². The van der Waals surface area contributed by atoms with E-state index in [2.05, 4.69) is 18.2 Å². The highest BCUT2D eigenvalue weighted by Gasteiger charge is 2.43. The predicted octanol–water partition coefficient (Wildman–Crippen LogP) is 3.52. The Morgan fingerprint density at radius 2 is 2.00 bits per heavy atom. The molecule has 2 N–H and O–H groups in total. The molecule has 4 rings (SSSR count).